The second-order valence-electron chi connectivity index (χ2n) is 7.51. The Hall–Kier alpha value is -3.06. The molecule has 0 radical (unpaired) electrons. The van der Waals surface area contributed by atoms with Gasteiger partial charge in [0.1, 0.15) is 5.82 Å². The maximum Gasteiger partial charge on any atom is 0.308 e. The third kappa shape index (κ3) is 3.50. The van der Waals surface area contributed by atoms with Gasteiger partial charge in [-0.05, 0) is 43.7 Å². The van der Waals surface area contributed by atoms with Gasteiger partial charge in [-0.3, -0.25) is 19.1 Å². The fourth-order valence-electron chi connectivity index (χ4n) is 3.79. The van der Waals surface area contributed by atoms with Gasteiger partial charge in [0, 0.05) is 19.4 Å². The van der Waals surface area contributed by atoms with E-state index in [0.717, 1.165) is 16.1 Å². The Bertz CT molecular complexity index is 1130. The van der Waals surface area contributed by atoms with Gasteiger partial charge < -0.3 is 9.47 Å². The van der Waals surface area contributed by atoms with E-state index in [9.17, 15) is 9.59 Å². The molecule has 2 heterocycles. The van der Waals surface area contributed by atoms with E-state index in [-0.39, 0.29) is 29.2 Å². The molecule has 1 aliphatic rings. The van der Waals surface area contributed by atoms with Crippen LogP contribution in [-0.4, -0.2) is 23.7 Å². The first-order valence-corrected chi connectivity index (χ1v) is 10.6. The molecular weight excluding hydrogens is 400 g/mol. The number of carbonyl (C=O) groups is 1. The van der Waals surface area contributed by atoms with Crippen molar-refractivity contribution in [1.29, 1.82) is 0 Å². The normalized spacial score (nSPS) is 16.0. The van der Waals surface area contributed by atoms with E-state index < -0.39 is 0 Å². The minimum Gasteiger partial charge on any atom is -0.493 e. The zero-order chi connectivity index (χ0) is 21.4. The van der Waals surface area contributed by atoms with Gasteiger partial charge >= 0.3 is 4.87 Å². The van der Waals surface area contributed by atoms with E-state index in [1.165, 1.54) is 11.3 Å². The molecule has 2 aromatic carbocycles. The van der Waals surface area contributed by atoms with E-state index in [2.05, 4.69) is 0 Å². The van der Waals surface area contributed by atoms with Crippen molar-refractivity contribution in [3.8, 4) is 11.5 Å². The molecule has 1 amide bonds. The number of hydrogen-bond acceptors (Lipinski definition) is 5. The van der Waals surface area contributed by atoms with Gasteiger partial charge in [0.2, 0.25) is 5.91 Å². The van der Waals surface area contributed by atoms with Crippen molar-refractivity contribution in [2.75, 3.05) is 12.0 Å². The summed E-state index contributed by atoms with van der Waals surface area (Å²) in [4.78, 5) is 28.2. The molecule has 1 atom stereocenters. The summed E-state index contributed by atoms with van der Waals surface area (Å²) in [5, 5.41) is 0. The van der Waals surface area contributed by atoms with Crippen molar-refractivity contribution in [3.63, 3.8) is 0 Å². The van der Waals surface area contributed by atoms with E-state index in [1.807, 2.05) is 62.4 Å². The predicted molar refractivity (Wildman–Crippen MR) is 118 cm³/mol. The molecule has 0 unspecified atom stereocenters. The van der Waals surface area contributed by atoms with Crippen LogP contribution >= 0.6 is 11.3 Å². The van der Waals surface area contributed by atoms with Crippen molar-refractivity contribution < 1.29 is 14.3 Å². The quantitative estimate of drug-likeness (QED) is 0.607. The molecule has 6 nitrogen and oxygen atoms in total. The molecule has 0 N–H and O–H groups in total. The number of rotatable bonds is 5. The number of fused-ring (bicyclic) bond motifs is 1. The number of hydrogen-bond donors (Lipinski definition) is 0. The number of ether oxygens (including phenoxy) is 2. The summed E-state index contributed by atoms with van der Waals surface area (Å²) in [6.07, 6.45) is 0.293. The Kier molecular flexibility index (Phi) is 5.39. The number of carbonyl (C=O) groups excluding carboxylic acids is 1. The number of amides is 1. The zero-order valence-corrected chi connectivity index (χ0v) is 18.2. The first-order chi connectivity index (χ1) is 14.4. The van der Waals surface area contributed by atoms with Crippen molar-refractivity contribution in [2.24, 2.45) is 7.05 Å². The molecule has 30 heavy (non-hydrogen) atoms. The monoisotopic (exact) mass is 424 g/mol. The molecule has 0 saturated heterocycles. The molecule has 1 aromatic heterocycles. The first kappa shape index (κ1) is 20.2. The van der Waals surface area contributed by atoms with Crippen molar-refractivity contribution in [2.45, 2.75) is 32.3 Å². The molecule has 0 aliphatic carbocycles. The maximum atomic E-state index is 13.2. The second-order valence-corrected chi connectivity index (χ2v) is 8.51. The topological polar surface area (TPSA) is 60.8 Å². The van der Waals surface area contributed by atoms with E-state index >= 15 is 0 Å². The lowest BCUT2D eigenvalue weighted by molar-refractivity contribution is -0.118. The molecule has 0 bridgehead atoms. The molecule has 4 rings (SSSR count). The van der Waals surface area contributed by atoms with Crippen LogP contribution in [0.3, 0.4) is 0 Å². The van der Waals surface area contributed by atoms with Crippen LogP contribution in [0.15, 0.2) is 53.3 Å². The molecule has 156 valence electrons. The molecule has 1 aliphatic heterocycles. The van der Waals surface area contributed by atoms with Gasteiger partial charge in [-0.15, -0.1) is 0 Å². The number of methoxy groups -OCH3 is 1. The van der Waals surface area contributed by atoms with Crippen LogP contribution in [0, 0.1) is 0 Å². The number of para-hydroxylation sites is 1. The van der Waals surface area contributed by atoms with Gasteiger partial charge in [0.05, 0.1) is 23.8 Å². The van der Waals surface area contributed by atoms with Gasteiger partial charge in [-0.2, -0.15) is 0 Å². The van der Waals surface area contributed by atoms with Gasteiger partial charge in [-0.25, -0.2) is 0 Å². The molecule has 7 heteroatoms. The van der Waals surface area contributed by atoms with E-state index in [4.69, 9.17) is 9.47 Å². The highest BCUT2D eigenvalue weighted by atomic mass is 32.1. The number of nitrogens with zero attached hydrogens (tertiary/aromatic N) is 2. The average molecular weight is 425 g/mol. The summed E-state index contributed by atoms with van der Waals surface area (Å²) in [6.45, 7) is 3.91. The average Bonchev–Trinajstić information content (AvgIpc) is 3.02. The Morgan fingerprint density at radius 1 is 1.07 bits per heavy atom. The smallest absolute Gasteiger partial charge is 0.308 e. The summed E-state index contributed by atoms with van der Waals surface area (Å²) in [7, 11) is 3.31. The molecular formula is C23H24N2O4S. The lowest BCUT2D eigenvalue weighted by Crippen LogP contribution is -2.34. The summed E-state index contributed by atoms with van der Waals surface area (Å²) < 4.78 is 12.9. The van der Waals surface area contributed by atoms with Crippen LogP contribution in [0.25, 0.3) is 0 Å². The van der Waals surface area contributed by atoms with Crippen LogP contribution in [0.1, 0.15) is 36.6 Å². The van der Waals surface area contributed by atoms with Crippen LogP contribution in [0.2, 0.25) is 0 Å². The van der Waals surface area contributed by atoms with E-state index in [0.29, 0.717) is 17.3 Å². The maximum absolute atomic E-state index is 13.2. The molecule has 0 saturated carbocycles. The predicted octanol–water partition coefficient (Wildman–Crippen LogP) is 4.44. The van der Waals surface area contributed by atoms with Gasteiger partial charge in [-0.1, -0.05) is 35.6 Å². The molecule has 3 aromatic rings. The summed E-state index contributed by atoms with van der Waals surface area (Å²) in [6, 6.07) is 15.2. The number of benzene rings is 2. The third-order valence-corrected chi connectivity index (χ3v) is 6.27. The Morgan fingerprint density at radius 2 is 1.80 bits per heavy atom. The fourth-order valence-corrected chi connectivity index (χ4v) is 4.88. The zero-order valence-electron chi connectivity index (χ0n) is 17.4. The number of thiazole rings is 1. The van der Waals surface area contributed by atoms with Gasteiger partial charge in [0.25, 0.3) is 0 Å². The Balaban J connectivity index is 1.82. The highest BCUT2D eigenvalue weighted by Gasteiger charge is 2.37. The van der Waals surface area contributed by atoms with Crippen LogP contribution in [0.4, 0.5) is 11.5 Å². The fraction of sp³-hybridized carbons (Fsp3) is 0.304. The highest BCUT2D eigenvalue weighted by molar-refractivity contribution is 7.10. The molecule has 0 fully saturated rings. The SMILES string of the molecule is COc1cc([C@H]2CC(=O)N(c3ccccc3)c3c2sc(=O)n3C)ccc1OC(C)C. The first-order valence-electron chi connectivity index (χ1n) is 9.83. The van der Waals surface area contributed by atoms with Crippen molar-refractivity contribution >= 4 is 28.7 Å². The van der Waals surface area contributed by atoms with Crippen LogP contribution in [0.5, 0.6) is 11.5 Å². The third-order valence-electron chi connectivity index (χ3n) is 5.13. The highest BCUT2D eigenvalue weighted by Crippen LogP contribution is 2.45. The minimum absolute atomic E-state index is 0.0198. The minimum atomic E-state index is -0.214. The summed E-state index contributed by atoms with van der Waals surface area (Å²) in [5.41, 5.74) is 1.68. The largest absolute Gasteiger partial charge is 0.493 e. The number of anilines is 2. The standard InChI is InChI=1S/C23H24N2O4S/c1-14(2)29-18-11-10-15(12-19(18)28-4)17-13-20(26)25(16-8-6-5-7-9-16)22-21(17)30-23(27)24(22)3/h5-12,14,17H,13H2,1-4H3/t17-/m1/s1. The van der Waals surface area contributed by atoms with Crippen LogP contribution < -0.4 is 19.2 Å². The van der Waals surface area contributed by atoms with Crippen molar-refractivity contribution in [1.82, 2.24) is 4.57 Å². The summed E-state index contributed by atoms with van der Waals surface area (Å²) >= 11 is 1.19. The number of aromatic nitrogens is 1. The Labute approximate surface area is 179 Å². The van der Waals surface area contributed by atoms with Crippen LogP contribution in [-0.2, 0) is 11.8 Å². The lowest BCUT2D eigenvalue weighted by Gasteiger charge is -2.32. The summed E-state index contributed by atoms with van der Waals surface area (Å²) in [5.74, 6) is 1.65. The lowest BCUT2D eigenvalue weighted by atomic mass is 9.90. The molecule has 0 spiro atoms. The van der Waals surface area contributed by atoms with E-state index in [1.54, 1.807) is 23.6 Å². The second kappa shape index (κ2) is 7.99. The Morgan fingerprint density at radius 3 is 2.47 bits per heavy atom. The van der Waals surface area contributed by atoms with Crippen molar-refractivity contribution in [3.05, 3.63) is 68.6 Å². The van der Waals surface area contributed by atoms with Gasteiger partial charge in [0.15, 0.2) is 11.5 Å².